The maximum atomic E-state index is 14.0. The summed E-state index contributed by atoms with van der Waals surface area (Å²) in [4.78, 5) is 86.0. The van der Waals surface area contributed by atoms with E-state index in [1.54, 1.807) is 0 Å². The molecule has 4 aliphatic rings. The van der Waals surface area contributed by atoms with Crippen LogP contribution < -0.4 is 15.4 Å². The fourth-order valence-corrected chi connectivity index (χ4v) is 8.53. The molecule has 0 spiro atoms. The molecule has 2 aliphatic carbocycles. The largest absolute Gasteiger partial charge is 0.507 e. The summed E-state index contributed by atoms with van der Waals surface area (Å²) in [6, 6.07) is 4.33. The van der Waals surface area contributed by atoms with Gasteiger partial charge in [-0.25, -0.2) is 0 Å². The van der Waals surface area contributed by atoms with E-state index < -0.39 is 125 Å². The lowest BCUT2D eigenvalue weighted by Gasteiger charge is -2.43. The number of nitrogens with one attached hydrogen (secondary N) is 2. The Morgan fingerprint density at radius 3 is 2.46 bits per heavy atom. The number of ketones is 3. The van der Waals surface area contributed by atoms with E-state index >= 15 is 0 Å². The van der Waals surface area contributed by atoms with E-state index in [-0.39, 0.29) is 41.0 Å². The molecule has 59 heavy (non-hydrogen) atoms. The highest BCUT2D eigenvalue weighted by molar-refractivity contribution is 6.31. The molecule has 2 aliphatic heterocycles. The molecule has 18 nitrogen and oxygen atoms in total. The van der Waals surface area contributed by atoms with Crippen LogP contribution in [0, 0.1) is 0 Å². The Kier molecular flexibility index (Phi) is 11.3. The van der Waals surface area contributed by atoms with Crippen LogP contribution in [0.3, 0.4) is 0 Å². The molecule has 2 saturated heterocycles. The van der Waals surface area contributed by atoms with Gasteiger partial charge in [0.2, 0.25) is 17.6 Å². The van der Waals surface area contributed by atoms with E-state index in [2.05, 4.69) is 15.6 Å². The highest BCUT2D eigenvalue weighted by atomic mass is 16.7. The van der Waals surface area contributed by atoms with E-state index in [1.165, 1.54) is 68.6 Å². The molecule has 4 unspecified atom stereocenters. The molecule has 7 N–H and O–H groups in total. The van der Waals surface area contributed by atoms with Gasteiger partial charge in [0, 0.05) is 60.5 Å². The second-order valence-electron chi connectivity index (χ2n) is 15.2. The topological polar surface area (TPSA) is 271 Å². The van der Waals surface area contributed by atoms with Crippen molar-refractivity contribution in [1.29, 1.82) is 0 Å². The van der Waals surface area contributed by atoms with Crippen molar-refractivity contribution in [2.75, 3.05) is 20.3 Å². The average Bonchev–Trinajstić information content (AvgIpc) is 3.72. The number of methoxy groups -OCH3 is 1. The molecule has 3 heterocycles. The summed E-state index contributed by atoms with van der Waals surface area (Å²) in [5.74, 6) is -5.77. The van der Waals surface area contributed by atoms with E-state index in [4.69, 9.17) is 14.2 Å². The molecular weight excluding hydrogens is 772 g/mol. The first-order valence-corrected chi connectivity index (χ1v) is 19.1. The van der Waals surface area contributed by atoms with Gasteiger partial charge in [-0.15, -0.1) is 0 Å². The van der Waals surface area contributed by atoms with Crippen LogP contribution in [0.4, 0.5) is 0 Å². The fraction of sp³-hybridized carbons (Fsp3) is 0.439. The number of benzene rings is 2. The fourth-order valence-electron chi connectivity index (χ4n) is 8.53. The molecule has 312 valence electrons. The quantitative estimate of drug-likeness (QED) is 0.107. The summed E-state index contributed by atoms with van der Waals surface area (Å²) in [6.45, 7) is 2.16. The zero-order valence-electron chi connectivity index (χ0n) is 32.3. The Balaban J connectivity index is 1.14. The van der Waals surface area contributed by atoms with Gasteiger partial charge in [0.25, 0.3) is 5.91 Å². The Bertz CT molecular complexity index is 2230. The number of carbonyl (C=O) groups excluding carboxylic acids is 6. The lowest BCUT2D eigenvalue weighted by Crippen LogP contribution is -2.59. The van der Waals surface area contributed by atoms with Crippen LogP contribution >= 0.6 is 0 Å². The molecule has 0 bridgehead atoms. The van der Waals surface area contributed by atoms with Crippen LogP contribution in [0.1, 0.15) is 99.0 Å². The third-order valence-electron chi connectivity index (χ3n) is 11.6. The van der Waals surface area contributed by atoms with Gasteiger partial charge in [0.1, 0.15) is 47.6 Å². The van der Waals surface area contributed by atoms with Gasteiger partial charge in [-0.1, -0.05) is 12.1 Å². The number of aliphatic hydroxyl groups excluding tert-OH is 2. The number of rotatable bonds is 10. The number of ether oxygens (including phenoxy) is 3. The van der Waals surface area contributed by atoms with Crippen molar-refractivity contribution in [3.63, 3.8) is 0 Å². The minimum absolute atomic E-state index is 0.0439. The molecule has 0 radical (unpaired) electrons. The minimum Gasteiger partial charge on any atom is -0.507 e. The predicted octanol–water partition coefficient (Wildman–Crippen LogP) is 0.363. The van der Waals surface area contributed by atoms with Crippen molar-refractivity contribution in [2.24, 2.45) is 0 Å². The SMILES string of the molecule is COc1cccc2c1C(=O)c1c(O)c3c(c(O)c1C2=O)C[C@@](O)(C(=O)CO)C[C@@H]3OC1CC(NC(=O)[C@@H]2CCCN2C(=O)[C@@H](C)NC(=O)c2ccncc2)C(O)C(C)O1. The molecule has 1 aromatic heterocycles. The van der Waals surface area contributed by atoms with Crippen LogP contribution in [0.15, 0.2) is 42.7 Å². The van der Waals surface area contributed by atoms with Crippen molar-refractivity contribution in [1.82, 2.24) is 20.5 Å². The van der Waals surface area contributed by atoms with Crippen molar-refractivity contribution < 1.29 is 68.5 Å². The molecule has 18 heteroatoms. The molecule has 2 aromatic carbocycles. The van der Waals surface area contributed by atoms with Crippen LogP contribution in [0.5, 0.6) is 17.2 Å². The molecule has 2 fully saturated rings. The Morgan fingerprint density at radius 2 is 1.76 bits per heavy atom. The third-order valence-corrected chi connectivity index (χ3v) is 11.6. The molecule has 3 amide bonds. The highest BCUT2D eigenvalue weighted by Crippen LogP contribution is 2.52. The first-order chi connectivity index (χ1) is 28.1. The normalized spacial score (nSPS) is 26.6. The highest BCUT2D eigenvalue weighted by Gasteiger charge is 2.51. The number of hydrogen-bond acceptors (Lipinski definition) is 15. The van der Waals surface area contributed by atoms with Crippen LogP contribution in [0.25, 0.3) is 0 Å². The Labute approximate surface area is 337 Å². The maximum absolute atomic E-state index is 14.0. The Hall–Kier alpha value is -5.79. The number of phenolic OH excluding ortho intramolecular Hbond substituents is 2. The number of carbonyl (C=O) groups is 6. The first kappa shape index (κ1) is 41.4. The van der Waals surface area contributed by atoms with Crippen molar-refractivity contribution in [3.8, 4) is 17.2 Å². The second kappa shape index (κ2) is 16.1. The standard InChI is InChI=1S/C41H44N4O14/c1-18(43-38(53)20-9-11-42-12-10-20)40(55)45-13-5-7-24(45)39(54)44-23-14-28(58-19(2)33(23)48)59-26-16-41(56,27(47)17-46)15-22-30(26)37(52)32-31(35(22)50)34(49)21-6-4-8-25(57-3)29(21)36(32)51/h4,6,8-12,18-19,23-24,26,28,33,46,48,50,52,56H,5,7,13-17H2,1-3H3,(H,43,53)(H,44,54)/t18-,19?,23?,24+,26+,28?,33?,41+/m1/s1. The molecule has 8 atom stereocenters. The summed E-state index contributed by atoms with van der Waals surface area (Å²) >= 11 is 0. The van der Waals surface area contributed by atoms with E-state index in [0.717, 1.165) is 0 Å². The number of aromatic hydroxyl groups is 2. The van der Waals surface area contributed by atoms with Gasteiger partial charge in [0.05, 0.1) is 42.0 Å². The summed E-state index contributed by atoms with van der Waals surface area (Å²) in [7, 11) is 1.30. The van der Waals surface area contributed by atoms with Crippen molar-refractivity contribution >= 4 is 35.1 Å². The first-order valence-electron chi connectivity index (χ1n) is 19.1. The Morgan fingerprint density at radius 1 is 1.05 bits per heavy atom. The van der Waals surface area contributed by atoms with Gasteiger partial charge < -0.3 is 55.3 Å². The number of hydrogen-bond donors (Lipinski definition) is 7. The van der Waals surface area contributed by atoms with Gasteiger partial charge in [-0.2, -0.15) is 0 Å². The zero-order chi connectivity index (χ0) is 42.5. The average molecular weight is 817 g/mol. The van der Waals surface area contributed by atoms with Crippen molar-refractivity contribution in [3.05, 3.63) is 81.7 Å². The van der Waals surface area contributed by atoms with Crippen LogP contribution in [0.2, 0.25) is 0 Å². The smallest absolute Gasteiger partial charge is 0.252 e. The van der Waals surface area contributed by atoms with E-state index in [9.17, 15) is 54.3 Å². The molecule has 3 aromatic rings. The van der Waals surface area contributed by atoms with Gasteiger partial charge in [-0.05, 0) is 44.9 Å². The summed E-state index contributed by atoms with van der Waals surface area (Å²) in [5, 5.41) is 61.5. The maximum Gasteiger partial charge on any atom is 0.252 e. The number of pyridine rings is 1. The van der Waals surface area contributed by atoms with Gasteiger partial charge in [-0.3, -0.25) is 33.8 Å². The molecule has 0 saturated carbocycles. The number of Topliss-reactive ketones (excluding diaryl/α,β-unsaturated/α-hetero) is 1. The van der Waals surface area contributed by atoms with Crippen molar-refractivity contribution in [2.45, 2.75) is 94.3 Å². The molecule has 7 rings (SSSR count). The monoisotopic (exact) mass is 816 g/mol. The number of likely N-dealkylation sites (tertiary alicyclic amines) is 1. The number of aromatic nitrogens is 1. The summed E-state index contributed by atoms with van der Waals surface area (Å²) in [6.07, 6.45) is -2.91. The lowest BCUT2D eigenvalue weighted by atomic mass is 9.72. The second-order valence-corrected chi connectivity index (χ2v) is 15.2. The summed E-state index contributed by atoms with van der Waals surface area (Å²) in [5.41, 5.74) is -3.92. The zero-order valence-corrected chi connectivity index (χ0v) is 32.3. The van der Waals surface area contributed by atoms with Gasteiger partial charge in [0.15, 0.2) is 17.9 Å². The van der Waals surface area contributed by atoms with Gasteiger partial charge >= 0.3 is 0 Å². The minimum atomic E-state index is -2.38. The summed E-state index contributed by atoms with van der Waals surface area (Å²) < 4.78 is 17.6. The number of phenols is 2. The number of nitrogens with zero attached hydrogens (tertiary/aromatic N) is 2. The molecular formula is C41H44N4O14. The van der Waals surface area contributed by atoms with Crippen LogP contribution in [-0.2, 0) is 30.3 Å². The lowest BCUT2D eigenvalue weighted by molar-refractivity contribution is -0.249. The van der Waals surface area contributed by atoms with E-state index in [0.29, 0.717) is 18.4 Å². The van der Waals surface area contributed by atoms with Crippen LogP contribution in [-0.4, -0.2) is 133 Å². The number of amides is 3. The number of aliphatic hydroxyl groups is 3. The predicted molar refractivity (Wildman–Crippen MR) is 202 cm³/mol. The van der Waals surface area contributed by atoms with E-state index in [1.807, 2.05) is 0 Å². The number of fused-ring (bicyclic) bond motifs is 3. The third kappa shape index (κ3) is 7.31.